The summed E-state index contributed by atoms with van der Waals surface area (Å²) in [7, 11) is 1.91. The fourth-order valence-electron chi connectivity index (χ4n) is 4.46. The Hall–Kier alpha value is -4.90. The number of carbonyl (C=O) groups is 1. The molecule has 8 heteroatoms. The van der Waals surface area contributed by atoms with Crippen LogP contribution in [-0.2, 0) is 7.05 Å². The Labute approximate surface area is 208 Å². The first-order valence-corrected chi connectivity index (χ1v) is 11.6. The highest BCUT2D eigenvalue weighted by molar-refractivity contribution is 5.99. The number of H-pyrrole nitrogens is 1. The van der Waals surface area contributed by atoms with Gasteiger partial charge in [0.05, 0.1) is 12.1 Å². The lowest BCUT2D eigenvalue weighted by molar-refractivity contribution is 0.0570. The molecule has 2 N–H and O–H groups in total. The lowest BCUT2D eigenvalue weighted by Gasteiger charge is -2.36. The topological polar surface area (TPSA) is 91.7 Å². The maximum absolute atomic E-state index is 12.9. The van der Waals surface area contributed by atoms with Crippen molar-refractivity contribution in [3.8, 4) is 34.9 Å². The summed E-state index contributed by atoms with van der Waals surface area (Å²) in [4.78, 5) is 23.9. The quantitative estimate of drug-likeness (QED) is 0.368. The number of terminal acetylenes is 1. The van der Waals surface area contributed by atoms with E-state index in [4.69, 9.17) is 11.4 Å². The first-order valence-electron chi connectivity index (χ1n) is 11.6. The van der Waals surface area contributed by atoms with Crippen molar-refractivity contribution >= 4 is 28.3 Å². The van der Waals surface area contributed by atoms with Gasteiger partial charge in [-0.15, -0.1) is 6.42 Å². The highest BCUT2D eigenvalue weighted by Gasteiger charge is 2.31. The zero-order chi connectivity index (χ0) is 24.6. The van der Waals surface area contributed by atoms with Crippen molar-refractivity contribution < 1.29 is 4.79 Å². The Morgan fingerprint density at radius 1 is 1.08 bits per heavy atom. The summed E-state index contributed by atoms with van der Waals surface area (Å²) in [6, 6.07) is 17.8. The van der Waals surface area contributed by atoms with Crippen LogP contribution in [0, 0.1) is 18.3 Å². The maximum Gasteiger partial charge on any atom is 0.270 e. The van der Waals surface area contributed by atoms with Gasteiger partial charge in [-0.3, -0.25) is 9.89 Å². The second-order valence-electron chi connectivity index (χ2n) is 8.89. The molecule has 1 fully saturated rings. The molecule has 0 aliphatic carbocycles. The molecule has 0 atom stereocenters. The lowest BCUT2D eigenvalue weighted by atomic mass is 10.0. The Balaban J connectivity index is 1.24. The fraction of sp³-hybridized carbons (Fsp3) is 0.143. The van der Waals surface area contributed by atoms with Gasteiger partial charge in [0, 0.05) is 60.2 Å². The van der Waals surface area contributed by atoms with E-state index in [1.807, 2.05) is 72.4 Å². The average molecular weight is 474 g/mol. The molecule has 1 aliphatic rings. The van der Waals surface area contributed by atoms with Crippen LogP contribution in [0.15, 0.2) is 73.2 Å². The van der Waals surface area contributed by atoms with Gasteiger partial charge in [0.15, 0.2) is 5.82 Å². The Kier molecular flexibility index (Phi) is 5.23. The Morgan fingerprint density at radius 2 is 1.89 bits per heavy atom. The molecule has 0 bridgehead atoms. The van der Waals surface area contributed by atoms with Crippen LogP contribution in [0.1, 0.15) is 10.5 Å². The molecule has 3 aromatic heterocycles. The third-order valence-corrected chi connectivity index (χ3v) is 6.57. The summed E-state index contributed by atoms with van der Waals surface area (Å²) in [6.07, 6.45) is 10.9. The SMILES string of the molecule is C#CC1CN(C(=O)c2cc3ccc(-c4nccc(Nc5ccc(-c6cn[nH]c6)cc5)n4)cc3n2C)C1. The number of anilines is 2. The van der Waals surface area contributed by atoms with Gasteiger partial charge in [-0.25, -0.2) is 9.97 Å². The molecule has 0 spiro atoms. The summed E-state index contributed by atoms with van der Waals surface area (Å²) >= 11 is 0. The number of rotatable bonds is 5. The van der Waals surface area contributed by atoms with E-state index in [0.29, 0.717) is 30.4 Å². The van der Waals surface area contributed by atoms with Crippen molar-refractivity contribution in [3.63, 3.8) is 0 Å². The first kappa shape index (κ1) is 21.6. The monoisotopic (exact) mass is 473 g/mol. The molecule has 1 amide bonds. The predicted octanol–water partition coefficient (Wildman–Crippen LogP) is 4.47. The summed E-state index contributed by atoms with van der Waals surface area (Å²) < 4.78 is 1.92. The molecular weight excluding hydrogens is 450 g/mol. The molecule has 0 unspecified atom stereocenters. The number of nitrogens with one attached hydrogen (secondary N) is 2. The summed E-state index contributed by atoms with van der Waals surface area (Å²) in [5, 5.41) is 11.2. The van der Waals surface area contributed by atoms with Crippen LogP contribution < -0.4 is 5.32 Å². The van der Waals surface area contributed by atoms with Crippen molar-refractivity contribution in [1.29, 1.82) is 0 Å². The standard InChI is InChI=1S/C28H23N7O/c1-3-18-16-35(17-18)28(36)25-12-20-4-5-21(13-24(20)34(25)2)27-29-11-10-26(33-27)32-23-8-6-19(7-9-23)22-14-30-31-15-22/h1,4-15,18H,16-17H2,2H3,(H,30,31)(H,29,32,33). The van der Waals surface area contributed by atoms with Gasteiger partial charge >= 0.3 is 0 Å². The minimum Gasteiger partial charge on any atom is -0.340 e. The third-order valence-electron chi connectivity index (χ3n) is 6.57. The number of aromatic amines is 1. The van der Waals surface area contributed by atoms with E-state index in [1.54, 1.807) is 17.3 Å². The lowest BCUT2D eigenvalue weighted by Crippen LogP contribution is -2.49. The smallest absolute Gasteiger partial charge is 0.270 e. The van der Waals surface area contributed by atoms with E-state index in [2.05, 4.69) is 26.4 Å². The van der Waals surface area contributed by atoms with Gasteiger partial charge in [0.25, 0.3) is 5.91 Å². The van der Waals surface area contributed by atoms with Crippen molar-refractivity contribution in [2.75, 3.05) is 18.4 Å². The number of aryl methyl sites for hydroxylation is 1. The van der Waals surface area contributed by atoms with Gasteiger partial charge < -0.3 is 14.8 Å². The van der Waals surface area contributed by atoms with Gasteiger partial charge in [-0.2, -0.15) is 5.10 Å². The van der Waals surface area contributed by atoms with Crippen LogP contribution >= 0.6 is 0 Å². The second-order valence-corrected chi connectivity index (χ2v) is 8.89. The normalized spacial score (nSPS) is 13.4. The molecular formula is C28H23N7O. The van der Waals surface area contributed by atoms with E-state index < -0.39 is 0 Å². The molecule has 0 saturated carbocycles. The fourth-order valence-corrected chi connectivity index (χ4v) is 4.46. The third kappa shape index (κ3) is 3.87. The molecule has 1 saturated heterocycles. The number of likely N-dealkylation sites (tertiary alicyclic amines) is 1. The van der Waals surface area contributed by atoms with Crippen LogP contribution in [0.25, 0.3) is 33.4 Å². The molecule has 0 radical (unpaired) electrons. The van der Waals surface area contributed by atoms with Crippen molar-refractivity contribution in [2.45, 2.75) is 0 Å². The van der Waals surface area contributed by atoms with E-state index in [-0.39, 0.29) is 11.8 Å². The van der Waals surface area contributed by atoms with Crippen LogP contribution in [-0.4, -0.2) is 48.6 Å². The number of fused-ring (bicyclic) bond motifs is 1. The molecule has 1 aliphatic heterocycles. The number of carbonyl (C=O) groups excluding carboxylic acids is 1. The number of hydrogen-bond donors (Lipinski definition) is 2. The van der Waals surface area contributed by atoms with Gasteiger partial charge in [0.2, 0.25) is 0 Å². The minimum absolute atomic E-state index is 0.00276. The second kappa shape index (κ2) is 8.71. The van der Waals surface area contributed by atoms with Crippen molar-refractivity contribution in [2.24, 2.45) is 13.0 Å². The van der Waals surface area contributed by atoms with Crippen molar-refractivity contribution in [1.82, 2.24) is 29.6 Å². The molecule has 4 heterocycles. The summed E-state index contributed by atoms with van der Waals surface area (Å²) in [5.74, 6) is 4.16. The van der Waals surface area contributed by atoms with Crippen LogP contribution in [0.4, 0.5) is 11.5 Å². The molecule has 5 aromatic rings. The van der Waals surface area contributed by atoms with Crippen molar-refractivity contribution in [3.05, 3.63) is 78.9 Å². The van der Waals surface area contributed by atoms with Crippen LogP contribution in [0.5, 0.6) is 0 Å². The molecule has 176 valence electrons. The minimum atomic E-state index is 0.00276. The van der Waals surface area contributed by atoms with E-state index in [9.17, 15) is 4.79 Å². The molecule has 36 heavy (non-hydrogen) atoms. The van der Waals surface area contributed by atoms with Gasteiger partial charge in [-0.05, 0) is 35.9 Å². The number of aromatic nitrogens is 5. The summed E-state index contributed by atoms with van der Waals surface area (Å²) in [5.41, 5.74) is 5.50. The average Bonchev–Trinajstić information content (AvgIpc) is 3.52. The van der Waals surface area contributed by atoms with Crippen LogP contribution in [0.3, 0.4) is 0 Å². The number of nitrogens with zero attached hydrogens (tertiary/aromatic N) is 5. The van der Waals surface area contributed by atoms with E-state index in [0.717, 1.165) is 33.3 Å². The number of hydrogen-bond acceptors (Lipinski definition) is 5. The maximum atomic E-state index is 12.9. The molecule has 6 rings (SSSR count). The van der Waals surface area contributed by atoms with Crippen LogP contribution in [0.2, 0.25) is 0 Å². The molecule has 2 aromatic carbocycles. The number of amides is 1. The van der Waals surface area contributed by atoms with E-state index >= 15 is 0 Å². The predicted molar refractivity (Wildman–Crippen MR) is 139 cm³/mol. The Bertz CT molecular complexity index is 1600. The summed E-state index contributed by atoms with van der Waals surface area (Å²) in [6.45, 7) is 1.23. The molecule has 8 nitrogen and oxygen atoms in total. The van der Waals surface area contributed by atoms with Gasteiger partial charge in [-0.1, -0.05) is 30.2 Å². The zero-order valence-electron chi connectivity index (χ0n) is 19.6. The van der Waals surface area contributed by atoms with Gasteiger partial charge in [0.1, 0.15) is 11.5 Å². The first-order chi connectivity index (χ1) is 17.6. The number of benzene rings is 2. The highest BCUT2D eigenvalue weighted by Crippen LogP contribution is 2.28. The zero-order valence-corrected chi connectivity index (χ0v) is 19.6. The highest BCUT2D eigenvalue weighted by atomic mass is 16.2. The largest absolute Gasteiger partial charge is 0.340 e. The Morgan fingerprint density at radius 3 is 2.64 bits per heavy atom. The van der Waals surface area contributed by atoms with E-state index in [1.165, 1.54) is 0 Å².